The molecule has 0 bridgehead atoms. The van der Waals surface area contributed by atoms with Gasteiger partial charge in [0.05, 0.1) is 6.10 Å². The first-order chi connectivity index (χ1) is 9.42. The molecule has 0 spiro atoms. The van der Waals surface area contributed by atoms with Gasteiger partial charge in [0, 0.05) is 11.6 Å². The van der Waals surface area contributed by atoms with Crippen molar-refractivity contribution in [3.63, 3.8) is 0 Å². The van der Waals surface area contributed by atoms with Crippen molar-refractivity contribution in [1.29, 1.82) is 0 Å². The number of hydrogen-bond donors (Lipinski definition) is 1. The van der Waals surface area contributed by atoms with Crippen LogP contribution in [0.3, 0.4) is 0 Å². The van der Waals surface area contributed by atoms with E-state index in [0.29, 0.717) is 11.3 Å². The summed E-state index contributed by atoms with van der Waals surface area (Å²) in [5.74, 6) is 1.49. The lowest BCUT2D eigenvalue weighted by molar-refractivity contribution is 0.110. The third-order valence-electron chi connectivity index (χ3n) is 4.66. The van der Waals surface area contributed by atoms with Gasteiger partial charge in [0.15, 0.2) is 0 Å². The Morgan fingerprint density at radius 2 is 1.90 bits per heavy atom. The number of benzene rings is 1. The number of rotatable bonds is 4. The van der Waals surface area contributed by atoms with Gasteiger partial charge in [-0.1, -0.05) is 44.9 Å². The van der Waals surface area contributed by atoms with Crippen LogP contribution >= 0.6 is 0 Å². The number of hydrogen-bond acceptors (Lipinski definition) is 2. The van der Waals surface area contributed by atoms with Crippen LogP contribution < -0.4 is 10.5 Å². The molecule has 0 aliphatic heterocycles. The largest absolute Gasteiger partial charge is 0.491 e. The quantitative estimate of drug-likeness (QED) is 0.865. The average Bonchev–Trinajstić information content (AvgIpc) is 2.37. The summed E-state index contributed by atoms with van der Waals surface area (Å²) in [7, 11) is 0. The number of ether oxygens (including phenoxy) is 1. The molecule has 112 valence electrons. The van der Waals surface area contributed by atoms with Crippen molar-refractivity contribution in [1.82, 2.24) is 0 Å². The van der Waals surface area contributed by atoms with Crippen LogP contribution in [-0.2, 0) is 0 Å². The van der Waals surface area contributed by atoms with Crippen LogP contribution in [0.5, 0.6) is 5.75 Å². The molecule has 1 aromatic carbocycles. The fourth-order valence-electron chi connectivity index (χ4n) is 3.52. The molecule has 20 heavy (non-hydrogen) atoms. The maximum Gasteiger partial charge on any atom is 0.124 e. The van der Waals surface area contributed by atoms with E-state index in [4.69, 9.17) is 10.5 Å². The minimum absolute atomic E-state index is 0.0697. The second kappa shape index (κ2) is 6.17. The van der Waals surface area contributed by atoms with E-state index in [1.807, 2.05) is 12.1 Å². The molecule has 2 nitrogen and oxygen atoms in total. The van der Waals surface area contributed by atoms with Crippen molar-refractivity contribution in [2.75, 3.05) is 0 Å². The Hall–Kier alpha value is -1.02. The lowest BCUT2D eigenvalue weighted by atomic mass is 9.65. The van der Waals surface area contributed by atoms with E-state index >= 15 is 0 Å². The Morgan fingerprint density at radius 1 is 1.20 bits per heavy atom. The Labute approximate surface area is 123 Å². The standard InChI is InChI=1S/C18H29NO/c1-13(2)20-16-11-6-5-9-14(16)17(19)15-10-7-8-12-18(15,3)4/h5-6,9,11,13,15,17H,7-8,10,12,19H2,1-4H3. The van der Waals surface area contributed by atoms with Gasteiger partial charge in [-0.25, -0.2) is 0 Å². The monoisotopic (exact) mass is 275 g/mol. The van der Waals surface area contributed by atoms with Crippen LogP contribution in [-0.4, -0.2) is 6.10 Å². The molecule has 0 saturated heterocycles. The van der Waals surface area contributed by atoms with Gasteiger partial charge in [0.1, 0.15) is 5.75 Å². The maximum atomic E-state index is 6.64. The first-order valence-corrected chi connectivity index (χ1v) is 7.93. The lowest BCUT2D eigenvalue weighted by Gasteiger charge is -2.42. The van der Waals surface area contributed by atoms with Crippen LogP contribution in [0, 0.1) is 11.3 Å². The molecule has 1 fully saturated rings. The molecular weight excluding hydrogens is 246 g/mol. The molecule has 0 radical (unpaired) electrons. The van der Waals surface area contributed by atoms with E-state index in [9.17, 15) is 0 Å². The molecule has 1 aromatic rings. The van der Waals surface area contributed by atoms with E-state index in [-0.39, 0.29) is 12.1 Å². The van der Waals surface area contributed by atoms with Crippen molar-refractivity contribution < 1.29 is 4.74 Å². The smallest absolute Gasteiger partial charge is 0.124 e. The minimum Gasteiger partial charge on any atom is -0.491 e. The van der Waals surface area contributed by atoms with E-state index < -0.39 is 0 Å². The fourth-order valence-corrected chi connectivity index (χ4v) is 3.52. The summed E-state index contributed by atoms with van der Waals surface area (Å²) in [6, 6.07) is 8.34. The minimum atomic E-state index is 0.0697. The average molecular weight is 275 g/mol. The van der Waals surface area contributed by atoms with Gasteiger partial charge in [0.25, 0.3) is 0 Å². The fraction of sp³-hybridized carbons (Fsp3) is 0.667. The summed E-state index contributed by atoms with van der Waals surface area (Å²) < 4.78 is 5.95. The molecule has 1 aliphatic rings. The summed E-state index contributed by atoms with van der Waals surface area (Å²) in [5, 5.41) is 0. The third-order valence-corrected chi connectivity index (χ3v) is 4.66. The van der Waals surface area contributed by atoms with E-state index in [2.05, 4.69) is 39.8 Å². The van der Waals surface area contributed by atoms with Crippen LogP contribution in [0.4, 0.5) is 0 Å². The van der Waals surface area contributed by atoms with Crippen molar-refractivity contribution in [2.45, 2.75) is 65.5 Å². The normalized spacial score (nSPS) is 23.6. The van der Waals surface area contributed by atoms with Crippen molar-refractivity contribution in [2.24, 2.45) is 17.1 Å². The van der Waals surface area contributed by atoms with Crippen molar-refractivity contribution in [3.05, 3.63) is 29.8 Å². The van der Waals surface area contributed by atoms with Gasteiger partial charge >= 0.3 is 0 Å². The van der Waals surface area contributed by atoms with Gasteiger partial charge in [-0.05, 0) is 44.1 Å². The van der Waals surface area contributed by atoms with Gasteiger partial charge in [-0.3, -0.25) is 0 Å². The Kier molecular flexibility index (Phi) is 4.74. The highest BCUT2D eigenvalue weighted by Crippen LogP contribution is 2.47. The Morgan fingerprint density at radius 3 is 2.55 bits per heavy atom. The molecule has 2 heteroatoms. The predicted octanol–water partition coefficient (Wildman–Crippen LogP) is 4.69. The van der Waals surface area contributed by atoms with Gasteiger partial charge in [-0.2, -0.15) is 0 Å². The van der Waals surface area contributed by atoms with Crippen LogP contribution in [0.1, 0.15) is 65.0 Å². The van der Waals surface area contributed by atoms with Gasteiger partial charge in [0.2, 0.25) is 0 Å². The van der Waals surface area contributed by atoms with E-state index in [1.54, 1.807) is 0 Å². The van der Waals surface area contributed by atoms with Crippen LogP contribution in [0.2, 0.25) is 0 Å². The Balaban J connectivity index is 2.26. The van der Waals surface area contributed by atoms with Crippen molar-refractivity contribution >= 4 is 0 Å². The summed E-state index contributed by atoms with van der Waals surface area (Å²) in [6.45, 7) is 8.85. The zero-order valence-corrected chi connectivity index (χ0v) is 13.4. The van der Waals surface area contributed by atoms with E-state index in [1.165, 1.54) is 31.2 Å². The second-order valence-electron chi connectivity index (χ2n) is 7.07. The lowest BCUT2D eigenvalue weighted by Crippen LogP contribution is -2.36. The SMILES string of the molecule is CC(C)Oc1ccccc1C(N)C1CCCCC1(C)C. The van der Waals surface area contributed by atoms with Gasteiger partial charge in [-0.15, -0.1) is 0 Å². The first kappa shape index (κ1) is 15.4. The molecule has 2 N–H and O–H groups in total. The summed E-state index contributed by atoms with van der Waals surface area (Å²) in [4.78, 5) is 0. The number of nitrogens with two attached hydrogens (primary N) is 1. The topological polar surface area (TPSA) is 35.2 Å². The highest BCUT2D eigenvalue weighted by molar-refractivity contribution is 5.36. The molecule has 0 heterocycles. The van der Waals surface area contributed by atoms with Gasteiger partial charge < -0.3 is 10.5 Å². The molecule has 2 unspecified atom stereocenters. The third kappa shape index (κ3) is 3.35. The molecular formula is C18H29NO. The highest BCUT2D eigenvalue weighted by Gasteiger charge is 2.37. The highest BCUT2D eigenvalue weighted by atomic mass is 16.5. The molecule has 2 atom stereocenters. The molecule has 1 saturated carbocycles. The summed E-state index contributed by atoms with van der Waals surface area (Å²) in [6.07, 6.45) is 5.32. The zero-order valence-electron chi connectivity index (χ0n) is 13.4. The van der Waals surface area contributed by atoms with Crippen LogP contribution in [0.15, 0.2) is 24.3 Å². The second-order valence-corrected chi connectivity index (χ2v) is 7.07. The summed E-state index contributed by atoms with van der Waals surface area (Å²) in [5.41, 5.74) is 8.13. The molecule has 2 rings (SSSR count). The van der Waals surface area contributed by atoms with Crippen LogP contribution in [0.25, 0.3) is 0 Å². The van der Waals surface area contributed by atoms with Crippen molar-refractivity contribution in [3.8, 4) is 5.75 Å². The van der Waals surface area contributed by atoms with E-state index in [0.717, 1.165) is 5.75 Å². The maximum absolute atomic E-state index is 6.64. The molecule has 0 aromatic heterocycles. The predicted molar refractivity (Wildman–Crippen MR) is 84.9 cm³/mol. The molecule has 1 aliphatic carbocycles. The zero-order chi connectivity index (χ0) is 14.8. The molecule has 0 amide bonds. The Bertz CT molecular complexity index is 439. The first-order valence-electron chi connectivity index (χ1n) is 7.93. The number of para-hydroxylation sites is 1. The summed E-state index contributed by atoms with van der Waals surface area (Å²) >= 11 is 0.